The fourth-order valence-corrected chi connectivity index (χ4v) is 3.63. The molecule has 27 heavy (non-hydrogen) atoms. The zero-order chi connectivity index (χ0) is 19.2. The molecule has 1 aliphatic rings. The highest BCUT2D eigenvalue weighted by atomic mass is 16.5. The van der Waals surface area contributed by atoms with E-state index in [-0.39, 0.29) is 17.7 Å². The predicted octanol–water partition coefficient (Wildman–Crippen LogP) is 4.29. The van der Waals surface area contributed by atoms with Gasteiger partial charge >= 0.3 is 0 Å². The van der Waals surface area contributed by atoms with Crippen molar-refractivity contribution in [3.05, 3.63) is 59.7 Å². The van der Waals surface area contributed by atoms with E-state index < -0.39 is 0 Å². The van der Waals surface area contributed by atoms with Gasteiger partial charge in [-0.25, -0.2) is 0 Å². The highest BCUT2D eigenvalue weighted by molar-refractivity contribution is 5.93. The Morgan fingerprint density at radius 1 is 1.11 bits per heavy atom. The van der Waals surface area contributed by atoms with Crippen LogP contribution in [0.2, 0.25) is 0 Å². The monoisotopic (exact) mass is 366 g/mol. The number of amides is 1. The van der Waals surface area contributed by atoms with Crippen LogP contribution in [0.1, 0.15) is 25.0 Å². The molecule has 0 aromatic heterocycles. The Labute approximate surface area is 162 Å². The van der Waals surface area contributed by atoms with Gasteiger partial charge in [0.15, 0.2) is 0 Å². The molecular formula is C23H30N2O2. The van der Waals surface area contributed by atoms with Gasteiger partial charge in [-0.2, -0.15) is 0 Å². The van der Waals surface area contributed by atoms with Gasteiger partial charge in [-0.05, 0) is 48.6 Å². The summed E-state index contributed by atoms with van der Waals surface area (Å²) in [4.78, 5) is 15.3. The summed E-state index contributed by atoms with van der Waals surface area (Å²) in [6.45, 7) is 9.70. The van der Waals surface area contributed by atoms with E-state index in [1.807, 2.05) is 24.3 Å². The second kappa shape index (κ2) is 9.05. The molecule has 4 nitrogen and oxygen atoms in total. The quantitative estimate of drug-likeness (QED) is 0.829. The fraction of sp³-hybridized carbons (Fsp3) is 0.435. The van der Waals surface area contributed by atoms with E-state index in [1.54, 1.807) is 0 Å². The average Bonchev–Trinajstić information content (AvgIpc) is 2.67. The van der Waals surface area contributed by atoms with Crippen molar-refractivity contribution in [1.29, 1.82) is 0 Å². The molecule has 1 saturated heterocycles. The van der Waals surface area contributed by atoms with Gasteiger partial charge in [0.25, 0.3) is 0 Å². The zero-order valence-electron chi connectivity index (χ0n) is 16.6. The molecule has 4 heteroatoms. The van der Waals surface area contributed by atoms with Crippen molar-refractivity contribution >= 4 is 17.3 Å². The van der Waals surface area contributed by atoms with Crippen LogP contribution >= 0.6 is 0 Å². The lowest BCUT2D eigenvalue weighted by Gasteiger charge is -2.30. The number of rotatable bonds is 6. The summed E-state index contributed by atoms with van der Waals surface area (Å²) in [7, 11) is 0. The standard InChI is InChI=1S/C23H30N2O2/c1-17(2)21(16-19-7-5-4-6-8-19)23(26)24-20-9-10-22(18(3)15-20)25-11-13-27-14-12-25/h4-10,15,17,21H,11-14,16H2,1-3H3,(H,24,26). The molecule has 0 saturated carbocycles. The normalized spacial score (nSPS) is 15.6. The van der Waals surface area contributed by atoms with Crippen molar-refractivity contribution in [1.82, 2.24) is 0 Å². The van der Waals surface area contributed by atoms with Crippen molar-refractivity contribution in [2.24, 2.45) is 11.8 Å². The minimum atomic E-state index is -0.0494. The zero-order valence-corrected chi connectivity index (χ0v) is 16.6. The van der Waals surface area contributed by atoms with Crippen molar-refractivity contribution < 1.29 is 9.53 Å². The van der Waals surface area contributed by atoms with Gasteiger partial charge in [-0.1, -0.05) is 44.2 Å². The molecule has 1 aliphatic heterocycles. The SMILES string of the molecule is Cc1cc(NC(=O)C(Cc2ccccc2)C(C)C)ccc1N1CCOCC1. The number of ether oxygens (including phenoxy) is 1. The molecule has 1 amide bonds. The van der Waals surface area contributed by atoms with E-state index in [9.17, 15) is 4.79 Å². The Balaban J connectivity index is 1.69. The van der Waals surface area contributed by atoms with Crippen LogP contribution in [0.25, 0.3) is 0 Å². The summed E-state index contributed by atoms with van der Waals surface area (Å²) in [5, 5.41) is 3.13. The molecule has 144 valence electrons. The number of nitrogens with one attached hydrogen (secondary N) is 1. The minimum absolute atomic E-state index is 0.0494. The first-order valence-corrected chi connectivity index (χ1v) is 9.82. The van der Waals surface area contributed by atoms with Crippen molar-refractivity contribution in [2.75, 3.05) is 36.5 Å². The van der Waals surface area contributed by atoms with Crippen LogP contribution in [0.4, 0.5) is 11.4 Å². The molecule has 0 spiro atoms. The third-order valence-corrected chi connectivity index (χ3v) is 5.26. The van der Waals surface area contributed by atoms with Gasteiger partial charge in [-0.15, -0.1) is 0 Å². The van der Waals surface area contributed by atoms with E-state index in [1.165, 1.54) is 16.8 Å². The van der Waals surface area contributed by atoms with E-state index in [2.05, 4.69) is 55.3 Å². The van der Waals surface area contributed by atoms with Gasteiger partial charge in [0, 0.05) is 30.4 Å². The van der Waals surface area contributed by atoms with Crippen LogP contribution in [-0.2, 0) is 16.0 Å². The van der Waals surface area contributed by atoms with Gasteiger partial charge in [0.05, 0.1) is 13.2 Å². The van der Waals surface area contributed by atoms with Crippen molar-refractivity contribution in [3.8, 4) is 0 Å². The Morgan fingerprint density at radius 3 is 2.44 bits per heavy atom. The second-order valence-electron chi connectivity index (χ2n) is 7.63. The predicted molar refractivity (Wildman–Crippen MR) is 111 cm³/mol. The lowest BCUT2D eigenvalue weighted by atomic mass is 9.88. The van der Waals surface area contributed by atoms with Gasteiger partial charge in [0.2, 0.25) is 5.91 Å². The Morgan fingerprint density at radius 2 is 1.81 bits per heavy atom. The molecule has 1 unspecified atom stereocenters. The number of anilines is 2. The van der Waals surface area contributed by atoms with Crippen LogP contribution in [0.15, 0.2) is 48.5 Å². The molecule has 1 N–H and O–H groups in total. The number of aryl methyl sites for hydroxylation is 1. The molecule has 0 bridgehead atoms. The summed E-state index contributed by atoms with van der Waals surface area (Å²) >= 11 is 0. The van der Waals surface area contributed by atoms with E-state index in [4.69, 9.17) is 4.74 Å². The number of nitrogens with zero attached hydrogens (tertiary/aromatic N) is 1. The molecule has 1 atom stereocenters. The molecule has 0 aliphatic carbocycles. The maximum absolute atomic E-state index is 12.9. The summed E-state index contributed by atoms with van der Waals surface area (Å²) in [6, 6.07) is 16.4. The van der Waals surface area contributed by atoms with Crippen molar-refractivity contribution in [3.63, 3.8) is 0 Å². The molecule has 3 rings (SSSR count). The Hall–Kier alpha value is -2.33. The average molecular weight is 367 g/mol. The highest BCUT2D eigenvalue weighted by Gasteiger charge is 2.23. The van der Waals surface area contributed by atoms with E-state index in [0.717, 1.165) is 38.4 Å². The number of hydrogen-bond donors (Lipinski definition) is 1. The van der Waals surface area contributed by atoms with Gasteiger partial charge < -0.3 is 15.0 Å². The largest absolute Gasteiger partial charge is 0.378 e. The van der Waals surface area contributed by atoms with Gasteiger partial charge in [-0.3, -0.25) is 4.79 Å². The summed E-state index contributed by atoms with van der Waals surface area (Å²) in [6.07, 6.45) is 0.759. The highest BCUT2D eigenvalue weighted by Crippen LogP contribution is 2.26. The number of hydrogen-bond acceptors (Lipinski definition) is 3. The molecule has 2 aromatic carbocycles. The topological polar surface area (TPSA) is 41.6 Å². The second-order valence-corrected chi connectivity index (χ2v) is 7.63. The first-order valence-electron chi connectivity index (χ1n) is 9.82. The van der Waals surface area contributed by atoms with E-state index in [0.29, 0.717) is 0 Å². The van der Waals surface area contributed by atoms with E-state index >= 15 is 0 Å². The molecule has 2 aromatic rings. The Kier molecular flexibility index (Phi) is 6.51. The number of morpholine rings is 1. The molecular weight excluding hydrogens is 336 g/mol. The van der Waals surface area contributed by atoms with Crippen LogP contribution in [0.3, 0.4) is 0 Å². The molecule has 1 fully saturated rings. The summed E-state index contributed by atoms with van der Waals surface area (Å²) in [5.74, 6) is 0.318. The maximum atomic E-state index is 12.9. The number of benzene rings is 2. The molecule has 0 radical (unpaired) electrons. The van der Waals surface area contributed by atoms with Crippen molar-refractivity contribution in [2.45, 2.75) is 27.2 Å². The smallest absolute Gasteiger partial charge is 0.228 e. The maximum Gasteiger partial charge on any atom is 0.228 e. The fourth-order valence-electron chi connectivity index (χ4n) is 3.63. The van der Waals surface area contributed by atoms with Crippen LogP contribution < -0.4 is 10.2 Å². The Bertz CT molecular complexity index is 752. The summed E-state index contributed by atoms with van der Waals surface area (Å²) in [5.41, 5.74) is 4.47. The first-order chi connectivity index (χ1) is 13.0. The molecule has 1 heterocycles. The lowest BCUT2D eigenvalue weighted by molar-refractivity contribution is -0.121. The first kappa shape index (κ1) is 19.4. The van der Waals surface area contributed by atoms with Gasteiger partial charge in [0.1, 0.15) is 0 Å². The third-order valence-electron chi connectivity index (χ3n) is 5.26. The lowest BCUT2D eigenvalue weighted by Crippen LogP contribution is -2.36. The van der Waals surface area contributed by atoms with Crippen LogP contribution in [0.5, 0.6) is 0 Å². The third kappa shape index (κ3) is 5.10. The number of carbonyl (C=O) groups is 1. The van der Waals surface area contributed by atoms with Crippen LogP contribution in [-0.4, -0.2) is 32.2 Å². The number of carbonyl (C=O) groups excluding carboxylic acids is 1. The minimum Gasteiger partial charge on any atom is -0.378 e. The van der Waals surface area contributed by atoms with Crippen LogP contribution in [0, 0.1) is 18.8 Å². The summed E-state index contributed by atoms with van der Waals surface area (Å²) < 4.78 is 5.44.